The topological polar surface area (TPSA) is 85.3 Å². The van der Waals surface area contributed by atoms with Crippen LogP contribution in [0.3, 0.4) is 0 Å². The molecule has 3 aromatic rings. The van der Waals surface area contributed by atoms with Crippen molar-refractivity contribution < 1.29 is 28.9 Å². The van der Waals surface area contributed by atoms with Gasteiger partial charge < -0.3 is 24.2 Å². The lowest BCUT2D eigenvalue weighted by Crippen LogP contribution is -2.51. The monoisotopic (exact) mass is 501 g/mol. The number of aryl methyl sites for hydroxylation is 1. The molecule has 1 saturated heterocycles. The van der Waals surface area contributed by atoms with Crippen LogP contribution in [-0.4, -0.2) is 47.2 Å². The highest BCUT2D eigenvalue weighted by atomic mass is 16.6. The van der Waals surface area contributed by atoms with Gasteiger partial charge in [0.1, 0.15) is 18.4 Å². The molecule has 0 saturated carbocycles. The molecular formula is C30H31NO6. The number of carbonyl (C=O) groups excluding carboxylic acids is 1. The van der Waals surface area contributed by atoms with Crippen LogP contribution in [0.2, 0.25) is 0 Å². The van der Waals surface area contributed by atoms with Gasteiger partial charge in [-0.15, -0.1) is 0 Å². The maximum absolute atomic E-state index is 13.9. The van der Waals surface area contributed by atoms with Gasteiger partial charge in [-0.25, -0.2) is 4.79 Å². The standard InChI is InChI=1S/C30H31NO6/c1-20-12-13-23-17-31(29(32)28(22-10-6-3-7-11-22)37-24-14-15-35-19-24)26(30(33)34)16-25(23)27(20)36-18-21-8-4-2-5-9-21/h2-13,24,26,28H,14-19H2,1H3,(H,33,34)/t24-,26+,28-/m0/s1. The number of carboxylic acids is 1. The van der Waals surface area contributed by atoms with Crippen molar-refractivity contribution >= 4 is 11.9 Å². The molecule has 1 amide bonds. The number of rotatable bonds is 8. The summed E-state index contributed by atoms with van der Waals surface area (Å²) in [5.41, 5.74) is 4.39. The molecule has 7 nitrogen and oxygen atoms in total. The zero-order chi connectivity index (χ0) is 25.8. The predicted molar refractivity (Wildman–Crippen MR) is 137 cm³/mol. The number of hydrogen-bond donors (Lipinski definition) is 1. The fourth-order valence-electron chi connectivity index (χ4n) is 5.01. The van der Waals surface area contributed by atoms with E-state index in [0.717, 1.165) is 22.3 Å². The molecule has 0 unspecified atom stereocenters. The van der Waals surface area contributed by atoms with Gasteiger partial charge in [0.05, 0.1) is 12.7 Å². The van der Waals surface area contributed by atoms with E-state index in [-0.39, 0.29) is 25.0 Å². The molecule has 192 valence electrons. The number of aliphatic carboxylic acids is 1. The minimum atomic E-state index is -1.05. The molecule has 0 radical (unpaired) electrons. The van der Waals surface area contributed by atoms with Crippen LogP contribution in [0.1, 0.15) is 40.3 Å². The fourth-order valence-corrected chi connectivity index (χ4v) is 5.01. The molecule has 37 heavy (non-hydrogen) atoms. The summed E-state index contributed by atoms with van der Waals surface area (Å²) in [4.78, 5) is 27.8. The molecule has 5 rings (SSSR count). The van der Waals surface area contributed by atoms with Crippen LogP contribution in [0, 0.1) is 6.92 Å². The quantitative estimate of drug-likeness (QED) is 0.491. The second-order valence-electron chi connectivity index (χ2n) is 9.56. The molecule has 0 aromatic heterocycles. The van der Waals surface area contributed by atoms with Gasteiger partial charge in [0, 0.05) is 25.1 Å². The highest BCUT2D eigenvalue weighted by molar-refractivity contribution is 5.88. The van der Waals surface area contributed by atoms with E-state index in [1.807, 2.05) is 79.7 Å². The van der Waals surface area contributed by atoms with E-state index in [1.54, 1.807) is 0 Å². The smallest absolute Gasteiger partial charge is 0.326 e. The Hall–Kier alpha value is -3.68. The molecule has 0 bridgehead atoms. The maximum atomic E-state index is 13.9. The number of ether oxygens (including phenoxy) is 3. The van der Waals surface area contributed by atoms with E-state index >= 15 is 0 Å². The number of fused-ring (bicyclic) bond motifs is 1. The average molecular weight is 502 g/mol. The Morgan fingerprint density at radius 2 is 1.78 bits per heavy atom. The lowest BCUT2D eigenvalue weighted by Gasteiger charge is -2.37. The zero-order valence-electron chi connectivity index (χ0n) is 20.8. The number of carbonyl (C=O) groups is 2. The summed E-state index contributed by atoms with van der Waals surface area (Å²) in [6.45, 7) is 3.51. The minimum absolute atomic E-state index is 0.163. The van der Waals surface area contributed by atoms with Gasteiger partial charge >= 0.3 is 5.97 Å². The molecule has 0 aliphatic carbocycles. The minimum Gasteiger partial charge on any atom is -0.488 e. The molecule has 2 heterocycles. The van der Waals surface area contributed by atoms with E-state index in [0.29, 0.717) is 37.6 Å². The van der Waals surface area contributed by atoms with Crippen LogP contribution in [0.15, 0.2) is 72.8 Å². The van der Waals surface area contributed by atoms with E-state index < -0.39 is 18.1 Å². The van der Waals surface area contributed by atoms with Crippen LogP contribution >= 0.6 is 0 Å². The number of benzene rings is 3. The molecule has 1 fully saturated rings. The number of hydrogen-bond acceptors (Lipinski definition) is 5. The highest BCUT2D eigenvalue weighted by Gasteiger charge is 2.40. The Balaban J connectivity index is 1.44. The van der Waals surface area contributed by atoms with E-state index in [9.17, 15) is 14.7 Å². The first-order chi connectivity index (χ1) is 18.0. The molecule has 1 N–H and O–H groups in total. The second-order valence-corrected chi connectivity index (χ2v) is 9.56. The van der Waals surface area contributed by atoms with Crippen molar-refractivity contribution in [2.45, 2.75) is 51.2 Å². The molecule has 7 heteroatoms. The first-order valence-corrected chi connectivity index (χ1v) is 12.6. The molecule has 3 aromatic carbocycles. The SMILES string of the molecule is Cc1ccc2c(c1OCc1ccccc1)C[C@H](C(=O)O)N(C(=O)[C@@H](O[C@H]1CCOC1)c1ccccc1)C2. The van der Waals surface area contributed by atoms with Crippen molar-refractivity contribution in [2.24, 2.45) is 0 Å². The number of carboxylic acid groups (broad SMARTS) is 1. The van der Waals surface area contributed by atoms with Gasteiger partial charge in [0.2, 0.25) is 0 Å². The van der Waals surface area contributed by atoms with Gasteiger partial charge in [-0.3, -0.25) is 4.79 Å². The third-order valence-electron chi connectivity index (χ3n) is 7.01. The largest absolute Gasteiger partial charge is 0.488 e. The predicted octanol–water partition coefficient (Wildman–Crippen LogP) is 4.46. The van der Waals surface area contributed by atoms with Crippen molar-refractivity contribution in [3.63, 3.8) is 0 Å². The Bertz CT molecular complexity index is 1240. The average Bonchev–Trinajstić information content (AvgIpc) is 3.44. The summed E-state index contributed by atoms with van der Waals surface area (Å²) in [5, 5.41) is 10.2. The van der Waals surface area contributed by atoms with Crippen LogP contribution in [0.25, 0.3) is 0 Å². The summed E-state index contributed by atoms with van der Waals surface area (Å²) >= 11 is 0. The number of nitrogens with zero attached hydrogens (tertiary/aromatic N) is 1. The van der Waals surface area contributed by atoms with E-state index in [4.69, 9.17) is 14.2 Å². The first kappa shape index (κ1) is 25.0. The third-order valence-corrected chi connectivity index (χ3v) is 7.01. The first-order valence-electron chi connectivity index (χ1n) is 12.6. The van der Waals surface area contributed by atoms with Crippen LogP contribution in [-0.2, 0) is 38.6 Å². The van der Waals surface area contributed by atoms with Gasteiger partial charge in [-0.05, 0) is 35.6 Å². The van der Waals surface area contributed by atoms with Crippen molar-refractivity contribution in [2.75, 3.05) is 13.2 Å². The van der Waals surface area contributed by atoms with E-state index in [2.05, 4.69) is 0 Å². The highest BCUT2D eigenvalue weighted by Crippen LogP contribution is 2.36. The molecule has 0 spiro atoms. The molecule has 2 aliphatic heterocycles. The van der Waals surface area contributed by atoms with Gasteiger partial charge in [0.25, 0.3) is 5.91 Å². The molecule has 2 aliphatic rings. The lowest BCUT2D eigenvalue weighted by molar-refractivity contribution is -0.160. The van der Waals surface area contributed by atoms with Gasteiger partial charge in [-0.2, -0.15) is 0 Å². The van der Waals surface area contributed by atoms with Crippen molar-refractivity contribution in [3.8, 4) is 5.75 Å². The molecular weight excluding hydrogens is 470 g/mol. The van der Waals surface area contributed by atoms with Crippen LogP contribution in [0.4, 0.5) is 0 Å². The Morgan fingerprint density at radius 3 is 2.46 bits per heavy atom. The Kier molecular flexibility index (Phi) is 7.53. The molecule has 3 atom stereocenters. The summed E-state index contributed by atoms with van der Waals surface area (Å²) in [6.07, 6.45) is -0.259. The summed E-state index contributed by atoms with van der Waals surface area (Å²) in [5.74, 6) is -0.715. The van der Waals surface area contributed by atoms with Crippen molar-refractivity contribution in [1.82, 2.24) is 4.90 Å². The van der Waals surface area contributed by atoms with Crippen molar-refractivity contribution in [1.29, 1.82) is 0 Å². The van der Waals surface area contributed by atoms with Gasteiger partial charge in [0.15, 0.2) is 6.10 Å². The summed E-state index contributed by atoms with van der Waals surface area (Å²) in [7, 11) is 0. The third kappa shape index (κ3) is 5.53. The Labute approximate surface area is 216 Å². The number of amides is 1. The normalized spacial score (nSPS) is 19.8. The van der Waals surface area contributed by atoms with Crippen molar-refractivity contribution in [3.05, 3.63) is 101 Å². The summed E-state index contributed by atoms with van der Waals surface area (Å²) in [6, 6.07) is 22.0. The second kappa shape index (κ2) is 11.2. The fraction of sp³-hybridized carbons (Fsp3) is 0.333. The lowest BCUT2D eigenvalue weighted by atomic mass is 9.90. The van der Waals surface area contributed by atoms with E-state index in [1.165, 1.54) is 4.90 Å². The summed E-state index contributed by atoms with van der Waals surface area (Å²) < 4.78 is 17.9. The zero-order valence-corrected chi connectivity index (χ0v) is 20.8. The van der Waals surface area contributed by atoms with Gasteiger partial charge in [-0.1, -0.05) is 72.8 Å². The van der Waals surface area contributed by atoms with Crippen LogP contribution < -0.4 is 4.74 Å². The maximum Gasteiger partial charge on any atom is 0.326 e. The Morgan fingerprint density at radius 1 is 1.05 bits per heavy atom. The van der Waals surface area contributed by atoms with Crippen LogP contribution in [0.5, 0.6) is 5.75 Å².